The summed E-state index contributed by atoms with van der Waals surface area (Å²) < 4.78 is 1.19. The number of halogens is 1. The van der Waals surface area contributed by atoms with Crippen LogP contribution in [0.4, 0.5) is 0 Å². The summed E-state index contributed by atoms with van der Waals surface area (Å²) in [6.45, 7) is 4.01. The van der Waals surface area contributed by atoms with Gasteiger partial charge in [-0.15, -0.1) is 12.4 Å². The maximum Gasteiger partial charge on any atom is 0.267 e. The van der Waals surface area contributed by atoms with Crippen LogP contribution in [0.1, 0.15) is 6.92 Å². The normalized spacial score (nSPS) is 9.96. The fraction of sp³-hybridized carbons (Fsp3) is 0.312. The zero-order valence-corrected chi connectivity index (χ0v) is 13.8. The van der Waals surface area contributed by atoms with E-state index in [1.54, 1.807) is 6.07 Å². The highest BCUT2D eigenvalue weighted by atomic mass is 35.5. The maximum atomic E-state index is 11.8. The Labute approximate surface area is 141 Å². The van der Waals surface area contributed by atoms with E-state index in [9.17, 15) is 9.59 Å². The standard InChI is InChI=1S/C16H20N4O2.ClH/c1-2-17-10-11-18-15(21)12-20-16(22)9-8-14(19-20)13-6-4-3-5-7-13;/h3-9,17H,2,10-12H2,1H3,(H,18,21);1H. The number of carbonyl (C=O) groups is 1. The van der Waals surface area contributed by atoms with Crippen LogP contribution in [0.25, 0.3) is 11.3 Å². The highest BCUT2D eigenvalue weighted by Crippen LogP contribution is 2.13. The summed E-state index contributed by atoms with van der Waals surface area (Å²) in [5.74, 6) is -0.224. The maximum absolute atomic E-state index is 11.8. The molecule has 0 bridgehead atoms. The molecule has 0 fully saturated rings. The molecule has 6 nitrogen and oxygen atoms in total. The Morgan fingerprint density at radius 3 is 2.57 bits per heavy atom. The third-order valence-electron chi connectivity index (χ3n) is 3.10. The van der Waals surface area contributed by atoms with Crippen molar-refractivity contribution in [3.05, 3.63) is 52.8 Å². The lowest BCUT2D eigenvalue weighted by molar-refractivity contribution is -0.121. The van der Waals surface area contributed by atoms with Crippen molar-refractivity contribution in [2.45, 2.75) is 13.5 Å². The second-order valence-electron chi connectivity index (χ2n) is 4.78. The fourth-order valence-electron chi connectivity index (χ4n) is 1.98. The molecule has 0 atom stereocenters. The number of rotatable bonds is 7. The first-order valence-electron chi connectivity index (χ1n) is 7.31. The predicted molar refractivity (Wildman–Crippen MR) is 92.7 cm³/mol. The van der Waals surface area contributed by atoms with Crippen LogP contribution < -0.4 is 16.2 Å². The van der Waals surface area contributed by atoms with Crippen LogP contribution in [0.5, 0.6) is 0 Å². The molecule has 0 saturated heterocycles. The molecule has 0 unspecified atom stereocenters. The Morgan fingerprint density at radius 1 is 1.13 bits per heavy atom. The molecule has 23 heavy (non-hydrogen) atoms. The van der Waals surface area contributed by atoms with Crippen molar-refractivity contribution in [1.82, 2.24) is 20.4 Å². The number of nitrogens with zero attached hydrogens (tertiary/aromatic N) is 2. The molecular formula is C16H21ClN4O2. The zero-order chi connectivity index (χ0) is 15.8. The molecule has 0 saturated carbocycles. The second-order valence-corrected chi connectivity index (χ2v) is 4.78. The summed E-state index contributed by atoms with van der Waals surface area (Å²) in [7, 11) is 0. The first-order chi connectivity index (χ1) is 10.7. The summed E-state index contributed by atoms with van der Waals surface area (Å²) in [5.41, 5.74) is 1.28. The van der Waals surface area contributed by atoms with Gasteiger partial charge in [-0.1, -0.05) is 37.3 Å². The lowest BCUT2D eigenvalue weighted by atomic mass is 10.1. The monoisotopic (exact) mass is 336 g/mol. The molecule has 0 aliphatic heterocycles. The molecule has 0 radical (unpaired) electrons. The van der Waals surface area contributed by atoms with Crippen molar-refractivity contribution in [3.63, 3.8) is 0 Å². The molecule has 1 aromatic carbocycles. The van der Waals surface area contributed by atoms with E-state index in [1.165, 1.54) is 10.7 Å². The molecule has 1 aromatic heterocycles. The van der Waals surface area contributed by atoms with E-state index in [4.69, 9.17) is 0 Å². The molecule has 0 aliphatic carbocycles. The third-order valence-corrected chi connectivity index (χ3v) is 3.10. The molecule has 2 N–H and O–H groups in total. The van der Waals surface area contributed by atoms with Gasteiger partial charge in [0.15, 0.2) is 0 Å². The Morgan fingerprint density at radius 2 is 1.87 bits per heavy atom. The Balaban J connectivity index is 0.00000264. The Bertz CT molecular complexity index is 673. The molecule has 2 aromatic rings. The molecule has 1 amide bonds. The van der Waals surface area contributed by atoms with E-state index < -0.39 is 0 Å². The van der Waals surface area contributed by atoms with Gasteiger partial charge in [0.05, 0.1) is 5.69 Å². The summed E-state index contributed by atoms with van der Waals surface area (Å²) in [6, 6.07) is 12.6. The fourth-order valence-corrected chi connectivity index (χ4v) is 1.98. The number of carbonyl (C=O) groups excluding carboxylic acids is 1. The average Bonchev–Trinajstić information content (AvgIpc) is 2.54. The predicted octanol–water partition coefficient (Wildman–Crippen LogP) is 1.06. The summed E-state index contributed by atoms with van der Waals surface area (Å²) in [5, 5.41) is 10.1. The van der Waals surface area contributed by atoms with Crippen molar-refractivity contribution in [2.24, 2.45) is 0 Å². The smallest absolute Gasteiger partial charge is 0.267 e. The lowest BCUT2D eigenvalue weighted by Gasteiger charge is -2.08. The number of aromatic nitrogens is 2. The molecular weight excluding hydrogens is 316 g/mol. The summed E-state index contributed by atoms with van der Waals surface area (Å²) >= 11 is 0. The number of amides is 1. The van der Waals surface area contributed by atoms with E-state index in [2.05, 4.69) is 15.7 Å². The van der Waals surface area contributed by atoms with Gasteiger partial charge in [-0.3, -0.25) is 9.59 Å². The van der Waals surface area contributed by atoms with Gasteiger partial charge in [-0.25, -0.2) is 4.68 Å². The molecule has 2 rings (SSSR count). The number of benzene rings is 1. The van der Waals surface area contributed by atoms with Gasteiger partial charge in [0.25, 0.3) is 5.56 Å². The molecule has 1 heterocycles. The minimum absolute atomic E-state index is 0. The molecule has 0 spiro atoms. The summed E-state index contributed by atoms with van der Waals surface area (Å²) in [6.07, 6.45) is 0. The van der Waals surface area contributed by atoms with Crippen LogP contribution in [-0.4, -0.2) is 35.3 Å². The highest BCUT2D eigenvalue weighted by molar-refractivity contribution is 5.85. The van der Waals surface area contributed by atoms with Crippen molar-refractivity contribution < 1.29 is 4.79 Å². The minimum Gasteiger partial charge on any atom is -0.353 e. The molecule has 0 aliphatic rings. The molecule has 7 heteroatoms. The van der Waals surface area contributed by atoms with Crippen LogP contribution in [0.15, 0.2) is 47.3 Å². The number of nitrogens with one attached hydrogen (secondary N) is 2. The first-order valence-corrected chi connectivity index (χ1v) is 7.31. The van der Waals surface area contributed by atoms with Gasteiger partial charge in [-0.05, 0) is 12.6 Å². The van der Waals surface area contributed by atoms with Crippen molar-refractivity contribution in [3.8, 4) is 11.3 Å². The van der Waals surface area contributed by atoms with E-state index in [0.29, 0.717) is 18.8 Å². The van der Waals surface area contributed by atoms with E-state index in [-0.39, 0.29) is 30.4 Å². The van der Waals surface area contributed by atoms with Gasteiger partial charge >= 0.3 is 0 Å². The first kappa shape index (κ1) is 18.9. The van der Waals surface area contributed by atoms with Gasteiger partial charge in [0, 0.05) is 24.7 Å². The highest BCUT2D eigenvalue weighted by Gasteiger charge is 2.07. The van der Waals surface area contributed by atoms with Crippen LogP contribution in [0.3, 0.4) is 0 Å². The van der Waals surface area contributed by atoms with E-state index >= 15 is 0 Å². The Kier molecular flexibility index (Phi) is 8.01. The van der Waals surface area contributed by atoms with Gasteiger partial charge in [-0.2, -0.15) is 5.10 Å². The quantitative estimate of drug-likeness (QED) is 0.741. The average molecular weight is 337 g/mol. The SMILES string of the molecule is CCNCCNC(=O)Cn1nc(-c2ccccc2)ccc1=O.Cl. The van der Waals surface area contributed by atoms with Gasteiger partial charge in [0.2, 0.25) is 5.91 Å². The lowest BCUT2D eigenvalue weighted by Crippen LogP contribution is -2.36. The van der Waals surface area contributed by atoms with Crippen LogP contribution in [-0.2, 0) is 11.3 Å². The van der Waals surface area contributed by atoms with E-state index in [0.717, 1.165) is 12.1 Å². The second kappa shape index (κ2) is 9.76. The van der Waals surface area contributed by atoms with E-state index in [1.807, 2.05) is 37.3 Å². The Hall–Kier alpha value is -2.18. The van der Waals surface area contributed by atoms with Crippen LogP contribution in [0, 0.1) is 0 Å². The number of hydrogen-bond acceptors (Lipinski definition) is 4. The number of likely N-dealkylation sites (N-methyl/N-ethyl adjacent to an activating group) is 1. The van der Waals surface area contributed by atoms with Gasteiger partial charge < -0.3 is 10.6 Å². The van der Waals surface area contributed by atoms with Crippen molar-refractivity contribution >= 4 is 18.3 Å². The minimum atomic E-state index is -0.290. The van der Waals surface area contributed by atoms with Gasteiger partial charge in [0.1, 0.15) is 6.54 Å². The van der Waals surface area contributed by atoms with Crippen molar-refractivity contribution in [1.29, 1.82) is 0 Å². The van der Waals surface area contributed by atoms with Crippen LogP contribution >= 0.6 is 12.4 Å². The van der Waals surface area contributed by atoms with Crippen molar-refractivity contribution in [2.75, 3.05) is 19.6 Å². The zero-order valence-electron chi connectivity index (χ0n) is 13.0. The largest absolute Gasteiger partial charge is 0.353 e. The third kappa shape index (κ3) is 5.84. The summed E-state index contributed by atoms with van der Waals surface area (Å²) in [4.78, 5) is 23.7. The topological polar surface area (TPSA) is 76.0 Å². The molecule has 124 valence electrons. The van der Waals surface area contributed by atoms with Crippen LogP contribution in [0.2, 0.25) is 0 Å². The number of hydrogen-bond donors (Lipinski definition) is 2.